The summed E-state index contributed by atoms with van der Waals surface area (Å²) in [6, 6.07) is 0.0765. The van der Waals surface area contributed by atoms with E-state index in [0.29, 0.717) is 12.8 Å². The summed E-state index contributed by atoms with van der Waals surface area (Å²) in [4.78, 5) is 22.2. The molecule has 0 aromatic heterocycles. The van der Waals surface area contributed by atoms with Gasteiger partial charge in [-0.2, -0.15) is 0 Å². The minimum atomic E-state index is 0.0765. The first-order chi connectivity index (χ1) is 7.22. The monoisotopic (exact) mass is 209 g/mol. The maximum absolute atomic E-state index is 11.4. The number of unbranched alkanes of at least 4 members (excludes halogenated alkanes) is 2. The van der Waals surface area contributed by atoms with Crippen LogP contribution in [0.25, 0.3) is 0 Å². The quantitative estimate of drug-likeness (QED) is 0.537. The molecule has 1 amide bonds. The lowest BCUT2D eigenvalue weighted by Gasteiger charge is -2.01. The molecule has 84 valence electrons. The molecule has 0 aromatic carbocycles. The third-order valence-electron chi connectivity index (χ3n) is 2.57. The van der Waals surface area contributed by atoms with Gasteiger partial charge in [0.25, 0.3) is 0 Å². The lowest BCUT2D eigenvalue weighted by Crippen LogP contribution is -2.23. The molecule has 1 aliphatic rings. The maximum Gasteiger partial charge on any atom is 0.220 e. The predicted octanol–water partition coefficient (Wildman–Crippen LogP) is 1.97. The molecule has 1 saturated heterocycles. The van der Waals surface area contributed by atoms with Gasteiger partial charge in [0.2, 0.25) is 5.91 Å². The van der Waals surface area contributed by atoms with Crippen molar-refractivity contribution < 1.29 is 9.59 Å². The van der Waals surface area contributed by atoms with E-state index in [9.17, 15) is 9.59 Å². The van der Waals surface area contributed by atoms with Gasteiger partial charge in [-0.15, -0.1) is 0 Å². The van der Waals surface area contributed by atoms with Crippen molar-refractivity contribution in [3.63, 3.8) is 0 Å². The van der Waals surface area contributed by atoms with Gasteiger partial charge >= 0.3 is 0 Å². The van der Waals surface area contributed by atoms with E-state index in [0.717, 1.165) is 25.7 Å². The van der Waals surface area contributed by atoms with Crippen LogP contribution in [0, 0.1) is 0 Å². The van der Waals surface area contributed by atoms with E-state index in [1.165, 1.54) is 0 Å². The first kappa shape index (κ1) is 12.0. The van der Waals surface area contributed by atoms with Crippen LogP contribution in [0.1, 0.15) is 45.4 Å². The third kappa shape index (κ3) is 4.77. The molecule has 1 N–H and O–H groups in total. The molecule has 3 heteroatoms. The smallest absolute Gasteiger partial charge is 0.220 e. The number of carbonyl (C=O) groups excluding carboxylic acids is 2. The molecule has 15 heavy (non-hydrogen) atoms. The van der Waals surface area contributed by atoms with E-state index < -0.39 is 0 Å². The molecule has 1 aliphatic heterocycles. The van der Waals surface area contributed by atoms with Crippen LogP contribution in [-0.4, -0.2) is 17.7 Å². The highest BCUT2D eigenvalue weighted by atomic mass is 16.2. The van der Waals surface area contributed by atoms with E-state index in [1.54, 1.807) is 6.08 Å². The molecule has 0 aromatic rings. The van der Waals surface area contributed by atoms with Crippen molar-refractivity contribution >= 4 is 11.7 Å². The fraction of sp³-hybridized carbons (Fsp3) is 0.667. The Kier molecular flexibility index (Phi) is 5.08. The van der Waals surface area contributed by atoms with Gasteiger partial charge in [0, 0.05) is 18.9 Å². The first-order valence-corrected chi connectivity index (χ1v) is 5.72. The zero-order chi connectivity index (χ0) is 11.1. The van der Waals surface area contributed by atoms with Crippen molar-refractivity contribution in [1.82, 2.24) is 5.32 Å². The second kappa shape index (κ2) is 6.38. The largest absolute Gasteiger partial charge is 0.350 e. The lowest BCUT2D eigenvalue weighted by atomic mass is 10.1. The molecule has 0 radical (unpaired) electrons. The van der Waals surface area contributed by atoms with Crippen LogP contribution < -0.4 is 5.32 Å². The molecular weight excluding hydrogens is 190 g/mol. The molecular formula is C12H19NO2. The number of nitrogens with one attached hydrogen (secondary N) is 1. The van der Waals surface area contributed by atoms with E-state index in [4.69, 9.17) is 0 Å². The average Bonchev–Trinajstić information content (AvgIpc) is 2.62. The van der Waals surface area contributed by atoms with Gasteiger partial charge in [-0.05, 0) is 18.9 Å². The van der Waals surface area contributed by atoms with Crippen molar-refractivity contribution in [3.05, 3.63) is 12.2 Å². The van der Waals surface area contributed by atoms with Gasteiger partial charge in [0.1, 0.15) is 0 Å². The highest BCUT2D eigenvalue weighted by molar-refractivity contribution is 5.89. The molecule has 0 spiro atoms. The number of hydrogen-bond acceptors (Lipinski definition) is 2. The molecule has 1 rings (SSSR count). The fourth-order valence-electron chi connectivity index (χ4n) is 1.64. The standard InChI is InChI=1S/C12H19NO2/c1-2-3-4-5-11(14)8-6-10-7-9-12(15)13-10/h6,8,10H,2-5,7,9H2,1H3,(H,13,15)/b8-6+. The molecule has 0 bridgehead atoms. The van der Waals surface area contributed by atoms with Gasteiger partial charge in [0.05, 0.1) is 0 Å². The van der Waals surface area contributed by atoms with Crippen LogP contribution in [0.15, 0.2) is 12.2 Å². The minimum Gasteiger partial charge on any atom is -0.350 e. The van der Waals surface area contributed by atoms with Crippen molar-refractivity contribution in [1.29, 1.82) is 0 Å². The molecule has 0 aliphatic carbocycles. The Labute approximate surface area is 90.9 Å². The first-order valence-electron chi connectivity index (χ1n) is 5.72. The lowest BCUT2D eigenvalue weighted by molar-refractivity contribution is -0.119. The van der Waals surface area contributed by atoms with Crippen molar-refractivity contribution in [3.8, 4) is 0 Å². The summed E-state index contributed by atoms with van der Waals surface area (Å²) in [6.45, 7) is 2.12. The normalized spacial score (nSPS) is 20.9. The third-order valence-corrected chi connectivity index (χ3v) is 2.57. The van der Waals surface area contributed by atoms with Gasteiger partial charge in [-0.25, -0.2) is 0 Å². The second-order valence-electron chi connectivity index (χ2n) is 4.00. The number of ketones is 1. The number of amides is 1. The van der Waals surface area contributed by atoms with Crippen LogP contribution in [0.4, 0.5) is 0 Å². The summed E-state index contributed by atoms with van der Waals surface area (Å²) in [5.41, 5.74) is 0. The van der Waals surface area contributed by atoms with E-state index >= 15 is 0 Å². The topological polar surface area (TPSA) is 46.2 Å². The van der Waals surface area contributed by atoms with E-state index in [1.807, 2.05) is 6.08 Å². The Morgan fingerprint density at radius 3 is 2.93 bits per heavy atom. The SMILES string of the molecule is CCCCCC(=O)/C=C/C1CCC(=O)N1. The number of hydrogen-bond donors (Lipinski definition) is 1. The van der Waals surface area contributed by atoms with Gasteiger partial charge in [-0.3, -0.25) is 9.59 Å². The summed E-state index contributed by atoms with van der Waals surface area (Å²) in [5.74, 6) is 0.257. The van der Waals surface area contributed by atoms with Crippen LogP contribution >= 0.6 is 0 Å². The fourth-order valence-corrected chi connectivity index (χ4v) is 1.64. The van der Waals surface area contributed by atoms with Gasteiger partial charge < -0.3 is 5.32 Å². The zero-order valence-electron chi connectivity index (χ0n) is 9.29. The summed E-state index contributed by atoms with van der Waals surface area (Å²) in [7, 11) is 0. The summed E-state index contributed by atoms with van der Waals surface area (Å²) in [5, 5.41) is 2.80. The number of allylic oxidation sites excluding steroid dienone is 1. The van der Waals surface area contributed by atoms with Crippen LogP contribution in [-0.2, 0) is 9.59 Å². The molecule has 1 atom stereocenters. The van der Waals surface area contributed by atoms with E-state index in [-0.39, 0.29) is 17.7 Å². The molecule has 3 nitrogen and oxygen atoms in total. The molecule has 0 saturated carbocycles. The van der Waals surface area contributed by atoms with Crippen LogP contribution in [0.2, 0.25) is 0 Å². The van der Waals surface area contributed by atoms with Crippen LogP contribution in [0.5, 0.6) is 0 Å². The Morgan fingerprint density at radius 1 is 1.53 bits per heavy atom. The molecule has 1 heterocycles. The predicted molar refractivity (Wildman–Crippen MR) is 59.5 cm³/mol. The minimum absolute atomic E-state index is 0.0765. The summed E-state index contributed by atoms with van der Waals surface area (Å²) in [6.07, 6.45) is 8.68. The van der Waals surface area contributed by atoms with Crippen molar-refractivity contribution in [2.24, 2.45) is 0 Å². The number of rotatable bonds is 6. The van der Waals surface area contributed by atoms with Crippen LogP contribution in [0.3, 0.4) is 0 Å². The average molecular weight is 209 g/mol. The molecule has 1 fully saturated rings. The highest BCUT2D eigenvalue weighted by Crippen LogP contribution is 2.08. The second-order valence-corrected chi connectivity index (χ2v) is 4.00. The Balaban J connectivity index is 2.19. The Hall–Kier alpha value is -1.12. The zero-order valence-corrected chi connectivity index (χ0v) is 9.29. The van der Waals surface area contributed by atoms with Gasteiger partial charge in [0.15, 0.2) is 5.78 Å². The molecule has 1 unspecified atom stereocenters. The van der Waals surface area contributed by atoms with Crippen molar-refractivity contribution in [2.45, 2.75) is 51.5 Å². The van der Waals surface area contributed by atoms with E-state index in [2.05, 4.69) is 12.2 Å². The van der Waals surface area contributed by atoms with Crippen molar-refractivity contribution in [2.75, 3.05) is 0 Å². The summed E-state index contributed by atoms with van der Waals surface area (Å²) >= 11 is 0. The Morgan fingerprint density at radius 2 is 2.33 bits per heavy atom. The maximum atomic E-state index is 11.4. The highest BCUT2D eigenvalue weighted by Gasteiger charge is 2.17. The summed E-state index contributed by atoms with van der Waals surface area (Å²) < 4.78 is 0. The van der Waals surface area contributed by atoms with Gasteiger partial charge in [-0.1, -0.05) is 25.8 Å². The number of carbonyl (C=O) groups is 2. The Bertz CT molecular complexity index is 258.